The van der Waals surface area contributed by atoms with Gasteiger partial charge in [0.2, 0.25) is 0 Å². The van der Waals surface area contributed by atoms with E-state index in [9.17, 15) is 4.79 Å². The molecule has 0 bridgehead atoms. The van der Waals surface area contributed by atoms with Crippen molar-refractivity contribution in [2.75, 3.05) is 32.7 Å². The normalized spacial score (nSPS) is 20.0. The molecule has 26 heavy (non-hydrogen) atoms. The molecule has 8 heteroatoms. The molecule has 0 radical (unpaired) electrons. The lowest BCUT2D eigenvalue weighted by Crippen LogP contribution is -2.57. The second kappa shape index (κ2) is 7.55. The van der Waals surface area contributed by atoms with E-state index in [-0.39, 0.29) is 12.1 Å². The summed E-state index contributed by atoms with van der Waals surface area (Å²) in [5.41, 5.74) is 1.95. The van der Waals surface area contributed by atoms with Crippen molar-refractivity contribution in [2.24, 2.45) is 4.99 Å². The predicted molar refractivity (Wildman–Crippen MR) is 100 cm³/mol. The molecule has 0 aliphatic carbocycles. The number of carbonyl (C=O) groups is 1. The van der Waals surface area contributed by atoms with E-state index in [1.54, 1.807) is 4.90 Å². The Kier molecular flexibility index (Phi) is 5.38. The van der Waals surface area contributed by atoms with Crippen molar-refractivity contribution in [3.8, 4) is 0 Å². The van der Waals surface area contributed by atoms with Gasteiger partial charge in [0, 0.05) is 31.9 Å². The molecule has 1 amide bonds. The number of aromatic amines is 1. The molecule has 0 spiro atoms. The Morgan fingerprint density at radius 3 is 2.92 bits per heavy atom. The highest BCUT2D eigenvalue weighted by molar-refractivity contribution is 5.82. The third kappa shape index (κ3) is 4.47. The molecule has 2 N–H and O–H groups in total. The van der Waals surface area contributed by atoms with Gasteiger partial charge in [0.05, 0.1) is 18.8 Å². The monoisotopic (exact) mass is 362 g/mol. The van der Waals surface area contributed by atoms with Gasteiger partial charge in [-0.3, -0.25) is 10.1 Å². The third-order valence-electron chi connectivity index (χ3n) is 4.70. The molecule has 1 unspecified atom stereocenters. The van der Waals surface area contributed by atoms with Gasteiger partial charge in [-0.05, 0) is 46.1 Å². The van der Waals surface area contributed by atoms with Gasteiger partial charge >= 0.3 is 6.09 Å². The fourth-order valence-electron chi connectivity index (χ4n) is 3.33. The maximum Gasteiger partial charge on any atom is 0.410 e. The summed E-state index contributed by atoms with van der Waals surface area (Å²) in [6.45, 7) is 11.5. The minimum atomic E-state index is -0.458. The SMILES string of the molecule is Cc1[nH]ncc1CCCNC1=NCC2CN(C(=O)OC(C)(C)C)CCN12. The highest BCUT2D eigenvalue weighted by Crippen LogP contribution is 2.18. The maximum absolute atomic E-state index is 12.3. The van der Waals surface area contributed by atoms with Gasteiger partial charge < -0.3 is 19.9 Å². The molecule has 2 aliphatic rings. The molecule has 1 fully saturated rings. The summed E-state index contributed by atoms with van der Waals surface area (Å²) in [5, 5.41) is 10.5. The van der Waals surface area contributed by atoms with Crippen LogP contribution in [0.4, 0.5) is 4.79 Å². The fraction of sp³-hybridized carbons (Fsp3) is 0.722. The second-order valence-electron chi connectivity index (χ2n) is 7.99. The van der Waals surface area contributed by atoms with Crippen LogP contribution in [0.2, 0.25) is 0 Å². The molecule has 2 aliphatic heterocycles. The number of nitrogens with zero attached hydrogens (tertiary/aromatic N) is 4. The van der Waals surface area contributed by atoms with Crippen LogP contribution in [0.25, 0.3) is 0 Å². The first-order valence-electron chi connectivity index (χ1n) is 9.35. The molecule has 3 rings (SSSR count). The van der Waals surface area contributed by atoms with Gasteiger partial charge in [-0.1, -0.05) is 0 Å². The molecule has 3 heterocycles. The van der Waals surface area contributed by atoms with Crippen LogP contribution < -0.4 is 5.32 Å². The summed E-state index contributed by atoms with van der Waals surface area (Å²) in [5.74, 6) is 0.961. The van der Waals surface area contributed by atoms with Crippen molar-refractivity contribution in [3.63, 3.8) is 0 Å². The molecule has 1 aromatic rings. The highest BCUT2D eigenvalue weighted by Gasteiger charge is 2.36. The molecule has 1 saturated heterocycles. The lowest BCUT2D eigenvalue weighted by Gasteiger charge is -2.39. The van der Waals surface area contributed by atoms with E-state index >= 15 is 0 Å². The number of hydrogen-bond donors (Lipinski definition) is 2. The van der Waals surface area contributed by atoms with Crippen LogP contribution in [-0.2, 0) is 11.2 Å². The standard InChI is InChI=1S/C18H30N6O2/c1-13-14(10-21-22-13)6-5-7-19-16-20-11-15-12-23(8-9-24(15)16)17(25)26-18(2,3)4/h10,15H,5-9,11-12H2,1-4H3,(H,19,20)(H,21,22). The molecule has 0 aromatic carbocycles. The maximum atomic E-state index is 12.3. The average molecular weight is 362 g/mol. The Bertz CT molecular complexity index is 663. The van der Waals surface area contributed by atoms with Crippen LogP contribution in [0.1, 0.15) is 38.4 Å². The number of ether oxygens (including phenoxy) is 1. The minimum Gasteiger partial charge on any atom is -0.444 e. The number of aryl methyl sites for hydroxylation is 2. The first kappa shape index (κ1) is 18.5. The van der Waals surface area contributed by atoms with Crippen LogP contribution in [0.3, 0.4) is 0 Å². The number of amides is 1. The smallest absolute Gasteiger partial charge is 0.410 e. The number of hydrogen-bond acceptors (Lipinski definition) is 6. The number of rotatable bonds is 4. The molecule has 1 atom stereocenters. The number of guanidine groups is 1. The first-order valence-corrected chi connectivity index (χ1v) is 9.35. The van der Waals surface area contributed by atoms with Crippen molar-refractivity contribution >= 4 is 12.1 Å². The van der Waals surface area contributed by atoms with Crippen LogP contribution >= 0.6 is 0 Å². The van der Waals surface area contributed by atoms with Crippen LogP contribution in [-0.4, -0.2) is 76.4 Å². The van der Waals surface area contributed by atoms with Crippen LogP contribution in [0.5, 0.6) is 0 Å². The Morgan fingerprint density at radius 2 is 2.23 bits per heavy atom. The number of fused-ring (bicyclic) bond motifs is 1. The summed E-state index contributed by atoms with van der Waals surface area (Å²) in [6, 6.07) is 0.245. The summed E-state index contributed by atoms with van der Waals surface area (Å²) in [7, 11) is 0. The third-order valence-corrected chi connectivity index (χ3v) is 4.70. The highest BCUT2D eigenvalue weighted by atomic mass is 16.6. The van der Waals surface area contributed by atoms with Gasteiger partial charge in [-0.25, -0.2) is 4.79 Å². The number of aliphatic imine (C=N–C) groups is 1. The predicted octanol–water partition coefficient (Wildman–Crippen LogP) is 1.53. The van der Waals surface area contributed by atoms with E-state index in [4.69, 9.17) is 4.74 Å². The van der Waals surface area contributed by atoms with Crippen molar-refractivity contribution in [1.82, 2.24) is 25.3 Å². The van der Waals surface area contributed by atoms with Crippen molar-refractivity contribution in [3.05, 3.63) is 17.5 Å². The zero-order chi connectivity index (χ0) is 18.7. The number of carbonyl (C=O) groups excluding carboxylic acids is 1. The molecular weight excluding hydrogens is 332 g/mol. The van der Waals surface area contributed by atoms with Gasteiger partial charge in [0.1, 0.15) is 5.60 Å². The van der Waals surface area contributed by atoms with Crippen molar-refractivity contribution < 1.29 is 9.53 Å². The summed E-state index contributed by atoms with van der Waals surface area (Å²) in [4.78, 5) is 21.0. The topological polar surface area (TPSA) is 85.8 Å². The molecule has 8 nitrogen and oxygen atoms in total. The minimum absolute atomic E-state index is 0.228. The van der Waals surface area contributed by atoms with E-state index in [1.807, 2.05) is 33.9 Å². The van der Waals surface area contributed by atoms with Crippen molar-refractivity contribution in [2.45, 2.75) is 52.2 Å². The van der Waals surface area contributed by atoms with E-state index < -0.39 is 5.60 Å². The van der Waals surface area contributed by atoms with E-state index in [2.05, 4.69) is 25.4 Å². The number of H-pyrrole nitrogens is 1. The zero-order valence-electron chi connectivity index (χ0n) is 16.2. The number of aromatic nitrogens is 2. The number of nitrogens with one attached hydrogen (secondary N) is 2. The Hall–Kier alpha value is -2.25. The summed E-state index contributed by atoms with van der Waals surface area (Å²) >= 11 is 0. The van der Waals surface area contributed by atoms with Gasteiger partial charge in [-0.2, -0.15) is 5.10 Å². The molecular formula is C18H30N6O2. The molecule has 1 aromatic heterocycles. The Balaban J connectivity index is 1.42. The van der Waals surface area contributed by atoms with E-state index in [1.165, 1.54) is 5.56 Å². The lowest BCUT2D eigenvalue weighted by atomic mass is 10.1. The van der Waals surface area contributed by atoms with Gasteiger partial charge in [0.15, 0.2) is 5.96 Å². The first-order chi connectivity index (χ1) is 12.3. The van der Waals surface area contributed by atoms with Gasteiger partial charge in [0.25, 0.3) is 0 Å². The van der Waals surface area contributed by atoms with Crippen LogP contribution in [0.15, 0.2) is 11.2 Å². The quantitative estimate of drug-likeness (QED) is 0.794. The zero-order valence-corrected chi connectivity index (χ0v) is 16.2. The molecule has 0 saturated carbocycles. The largest absolute Gasteiger partial charge is 0.444 e. The molecule has 144 valence electrons. The van der Waals surface area contributed by atoms with E-state index in [0.717, 1.165) is 44.1 Å². The van der Waals surface area contributed by atoms with E-state index in [0.29, 0.717) is 13.1 Å². The fourth-order valence-corrected chi connectivity index (χ4v) is 3.33. The average Bonchev–Trinajstić information content (AvgIpc) is 3.16. The lowest BCUT2D eigenvalue weighted by molar-refractivity contribution is 0.0137. The number of piperazine rings is 1. The Morgan fingerprint density at radius 1 is 1.42 bits per heavy atom. The van der Waals surface area contributed by atoms with Crippen LogP contribution in [0, 0.1) is 6.92 Å². The Labute approximate surface area is 155 Å². The van der Waals surface area contributed by atoms with Crippen molar-refractivity contribution in [1.29, 1.82) is 0 Å². The second-order valence-corrected chi connectivity index (χ2v) is 7.99. The summed E-state index contributed by atoms with van der Waals surface area (Å²) in [6.07, 6.45) is 3.70. The van der Waals surface area contributed by atoms with Gasteiger partial charge in [-0.15, -0.1) is 0 Å². The summed E-state index contributed by atoms with van der Waals surface area (Å²) < 4.78 is 5.48.